The Labute approximate surface area is 260 Å². The Morgan fingerprint density at radius 3 is 2.49 bits per heavy atom. The number of fused-ring (bicyclic) bond motifs is 2. The van der Waals surface area contributed by atoms with Gasteiger partial charge in [-0.25, -0.2) is 33.5 Å². The molecule has 47 heavy (non-hydrogen) atoms. The maximum absolute atomic E-state index is 16.4. The number of anilines is 2. The summed E-state index contributed by atoms with van der Waals surface area (Å²) in [5, 5.41) is 0. The van der Waals surface area contributed by atoms with Gasteiger partial charge in [0, 0.05) is 5.41 Å². The molecule has 1 spiro atoms. The standard InChI is InChI=1S/C23H25FN10O11P2/c24-9-12(33-6-29-10-16(25)27-5-28-17(10)33)8-1-22(8)2-41-46(36,37)45-15-13-20(34-7-30-11-18(34)31-21(26)32-19(11)35)43-23(15,3-40-13)4-42-47(38,39)44-14(9)22/h5-9,12-15,20H,1-4H2,(H,36,37)(H,38,39)(H2,25,27,28)(H3,26,31,32,35)/t8-,9+,12-,13-,14+,15+,20-,22+,23-/m1/s1. The number of nitrogens with one attached hydrogen (secondary N) is 1. The third-order valence-corrected chi connectivity index (χ3v) is 11.5. The zero-order chi connectivity index (χ0) is 32.7. The molecule has 4 aromatic rings. The number of nitrogen functional groups attached to an aromatic ring is 2. The first kappa shape index (κ1) is 29.7. The lowest BCUT2D eigenvalue weighted by molar-refractivity contribution is -0.184. The summed E-state index contributed by atoms with van der Waals surface area (Å²) in [6.45, 7) is -1.65. The fourth-order valence-electron chi connectivity index (χ4n) is 7.45. The number of ether oxygens (including phenoxy) is 2. The summed E-state index contributed by atoms with van der Waals surface area (Å²) >= 11 is 0. The van der Waals surface area contributed by atoms with E-state index in [0.29, 0.717) is 0 Å². The molecule has 250 valence electrons. The van der Waals surface area contributed by atoms with Gasteiger partial charge in [-0.2, -0.15) is 4.98 Å². The van der Waals surface area contributed by atoms with Crippen LogP contribution in [0.15, 0.2) is 23.8 Å². The molecule has 5 aliphatic rings. The Balaban J connectivity index is 1.05. The van der Waals surface area contributed by atoms with Crippen molar-refractivity contribution in [3.8, 4) is 0 Å². The number of nitrogens with two attached hydrogens (primary N) is 2. The molecule has 2 unspecified atom stereocenters. The highest BCUT2D eigenvalue weighted by Crippen LogP contribution is 2.73. The van der Waals surface area contributed by atoms with Crippen LogP contribution in [-0.2, 0) is 36.7 Å². The summed E-state index contributed by atoms with van der Waals surface area (Å²) in [4.78, 5) is 57.0. The second-order valence-electron chi connectivity index (χ2n) is 12.2. The molecule has 2 bridgehead atoms. The zero-order valence-corrected chi connectivity index (χ0v) is 25.5. The normalized spacial score (nSPS) is 42.9. The monoisotopic (exact) mass is 698 g/mol. The molecule has 3 saturated heterocycles. The van der Waals surface area contributed by atoms with Gasteiger partial charge < -0.3 is 35.3 Å². The predicted molar refractivity (Wildman–Crippen MR) is 151 cm³/mol. The number of aromatic amines is 1. The van der Waals surface area contributed by atoms with Crippen LogP contribution in [0, 0.1) is 11.3 Å². The number of H-pyrrole nitrogens is 1. The first-order valence-electron chi connectivity index (χ1n) is 14.2. The average Bonchev–Trinajstić information content (AvgIpc) is 3.43. The molecule has 7 N–H and O–H groups in total. The predicted octanol–water partition coefficient (Wildman–Crippen LogP) is -0.293. The van der Waals surface area contributed by atoms with Gasteiger partial charge in [0.05, 0.1) is 38.5 Å². The number of halogens is 1. The number of alkyl halides is 1. The van der Waals surface area contributed by atoms with Crippen molar-refractivity contribution in [1.82, 2.24) is 39.0 Å². The lowest BCUT2D eigenvalue weighted by atomic mass is 10.0. The second kappa shape index (κ2) is 9.59. The highest BCUT2D eigenvalue weighted by atomic mass is 31.2. The Morgan fingerprint density at radius 1 is 0.957 bits per heavy atom. The van der Waals surface area contributed by atoms with Crippen LogP contribution in [0.4, 0.5) is 16.2 Å². The summed E-state index contributed by atoms with van der Waals surface area (Å²) in [5.74, 6) is -0.727. The molecule has 24 heteroatoms. The van der Waals surface area contributed by atoms with E-state index in [1.807, 2.05) is 0 Å². The number of aromatic nitrogens is 8. The minimum atomic E-state index is -5.05. The van der Waals surface area contributed by atoms with Crippen LogP contribution in [0.3, 0.4) is 0 Å². The molecular weight excluding hydrogens is 673 g/mol. The van der Waals surface area contributed by atoms with Gasteiger partial charge in [0.2, 0.25) is 5.95 Å². The van der Waals surface area contributed by atoms with Crippen LogP contribution >= 0.6 is 15.6 Å². The fourth-order valence-corrected chi connectivity index (χ4v) is 9.57. The summed E-state index contributed by atoms with van der Waals surface area (Å²) in [7, 11) is -10.0. The van der Waals surface area contributed by atoms with Crippen LogP contribution in [0.2, 0.25) is 0 Å². The molecule has 4 aromatic heterocycles. The second-order valence-corrected chi connectivity index (χ2v) is 15.0. The summed E-state index contributed by atoms with van der Waals surface area (Å²) in [6, 6.07) is -1.02. The van der Waals surface area contributed by atoms with Gasteiger partial charge in [0.15, 0.2) is 28.9 Å². The van der Waals surface area contributed by atoms with Crippen molar-refractivity contribution in [3.63, 3.8) is 0 Å². The van der Waals surface area contributed by atoms with Crippen LogP contribution in [0.5, 0.6) is 0 Å². The van der Waals surface area contributed by atoms with Crippen molar-refractivity contribution in [2.24, 2.45) is 11.3 Å². The molecule has 7 heterocycles. The van der Waals surface area contributed by atoms with Crippen LogP contribution < -0.4 is 17.0 Å². The molecule has 0 radical (unpaired) electrons. The van der Waals surface area contributed by atoms with Crippen LogP contribution in [0.25, 0.3) is 22.3 Å². The van der Waals surface area contributed by atoms with Gasteiger partial charge in [-0.1, -0.05) is 0 Å². The summed E-state index contributed by atoms with van der Waals surface area (Å²) < 4.78 is 80.1. The molecule has 2 saturated carbocycles. The van der Waals surface area contributed by atoms with E-state index in [1.165, 1.54) is 28.1 Å². The quantitative estimate of drug-likeness (QED) is 0.168. The third kappa shape index (κ3) is 4.24. The molecule has 2 aliphatic carbocycles. The van der Waals surface area contributed by atoms with E-state index >= 15 is 4.39 Å². The third-order valence-electron chi connectivity index (χ3n) is 9.64. The number of imidazole rings is 2. The lowest BCUT2D eigenvalue weighted by Gasteiger charge is -2.34. The van der Waals surface area contributed by atoms with Crippen molar-refractivity contribution in [2.45, 2.75) is 48.8 Å². The molecule has 21 nitrogen and oxygen atoms in total. The molecule has 11 atom stereocenters. The van der Waals surface area contributed by atoms with Crippen molar-refractivity contribution in [3.05, 3.63) is 29.3 Å². The Bertz CT molecular complexity index is 2130. The Hall–Kier alpha value is -3.43. The fraction of sp³-hybridized carbons (Fsp3) is 0.565. The van der Waals surface area contributed by atoms with E-state index in [9.17, 15) is 23.7 Å². The minimum Gasteiger partial charge on any atom is -0.382 e. The molecule has 0 aromatic carbocycles. The van der Waals surface area contributed by atoms with Crippen molar-refractivity contribution in [2.75, 3.05) is 31.3 Å². The topological polar surface area (TPSA) is 289 Å². The van der Waals surface area contributed by atoms with E-state index < -0.39 is 88.1 Å². The molecule has 9 rings (SSSR count). The lowest BCUT2D eigenvalue weighted by Crippen LogP contribution is -2.46. The van der Waals surface area contributed by atoms with Gasteiger partial charge in [-0.3, -0.25) is 32.4 Å². The number of rotatable bonds is 2. The van der Waals surface area contributed by atoms with Gasteiger partial charge in [0.1, 0.15) is 41.9 Å². The van der Waals surface area contributed by atoms with Gasteiger partial charge in [0.25, 0.3) is 5.56 Å². The van der Waals surface area contributed by atoms with Gasteiger partial charge in [-0.15, -0.1) is 0 Å². The SMILES string of the molecule is Nc1nc2c(ncn2[C@@H]2O[C@@]34CO[C@@H]2[C@@H]3OP(=O)(O)OC[C@@]23C[C@@H]2[C@@H](n2cnc5c(N)ncnc52)[C@H](F)[C@@H]3OP(=O)(O)OC4)c(=O)[nH]1. The van der Waals surface area contributed by atoms with Crippen molar-refractivity contribution in [1.29, 1.82) is 0 Å². The van der Waals surface area contributed by atoms with Gasteiger partial charge >= 0.3 is 15.6 Å². The Morgan fingerprint density at radius 2 is 1.68 bits per heavy atom. The number of hydrogen-bond donors (Lipinski definition) is 5. The highest BCUT2D eigenvalue weighted by Gasteiger charge is 2.75. The molecule has 3 aliphatic heterocycles. The van der Waals surface area contributed by atoms with E-state index in [4.69, 9.17) is 39.0 Å². The molecular formula is C23H25FN10O11P2. The molecule has 5 fully saturated rings. The first-order valence-corrected chi connectivity index (χ1v) is 17.2. The van der Waals surface area contributed by atoms with Crippen molar-refractivity contribution >= 4 is 49.7 Å². The van der Waals surface area contributed by atoms with Gasteiger partial charge in [-0.05, 0) is 12.3 Å². The number of nitrogens with zero attached hydrogens (tertiary/aromatic N) is 7. The van der Waals surface area contributed by atoms with Crippen LogP contribution in [-0.4, -0.2) is 98.7 Å². The van der Waals surface area contributed by atoms with Crippen molar-refractivity contribution < 1.29 is 50.9 Å². The largest absolute Gasteiger partial charge is 0.472 e. The average molecular weight is 698 g/mol. The highest BCUT2D eigenvalue weighted by molar-refractivity contribution is 7.47. The maximum Gasteiger partial charge on any atom is 0.472 e. The number of phosphoric acid groups is 2. The minimum absolute atomic E-state index is 0.00907. The first-order chi connectivity index (χ1) is 22.3. The number of phosphoric ester groups is 2. The smallest absolute Gasteiger partial charge is 0.382 e. The summed E-state index contributed by atoms with van der Waals surface area (Å²) in [5.41, 5.74) is 8.30. The van der Waals surface area contributed by atoms with E-state index in [0.717, 1.165) is 0 Å². The number of hydrogen-bond acceptors (Lipinski definition) is 16. The van der Waals surface area contributed by atoms with Crippen LogP contribution in [0.1, 0.15) is 18.7 Å². The maximum atomic E-state index is 16.4. The molecule has 0 amide bonds. The van der Waals surface area contributed by atoms with E-state index in [-0.39, 0.29) is 47.1 Å². The summed E-state index contributed by atoms with van der Waals surface area (Å²) in [6.07, 6.45) is -3.33. The Kier molecular flexibility index (Phi) is 6.06. The van der Waals surface area contributed by atoms with E-state index in [2.05, 4.69) is 29.9 Å². The van der Waals surface area contributed by atoms with E-state index in [1.54, 1.807) is 0 Å². The zero-order valence-electron chi connectivity index (χ0n) is 23.7.